The minimum absolute atomic E-state index is 0.0137. The SMILES string of the molecule is CS(=O)(=O)c1cccc(C[C@@H](C(=O)Nc2c(Cl)cc3c(c2Cl)CCNC3)C(=O)OCc2ccccc2)c1. The van der Waals surface area contributed by atoms with Crippen LogP contribution in [0.2, 0.25) is 10.0 Å². The maximum atomic E-state index is 13.5. The molecule has 0 radical (unpaired) electrons. The van der Waals surface area contributed by atoms with Crippen LogP contribution >= 0.6 is 23.2 Å². The van der Waals surface area contributed by atoms with Gasteiger partial charge >= 0.3 is 5.97 Å². The van der Waals surface area contributed by atoms with Crippen LogP contribution in [0.15, 0.2) is 65.6 Å². The summed E-state index contributed by atoms with van der Waals surface area (Å²) in [5, 5.41) is 6.58. The molecule has 37 heavy (non-hydrogen) atoms. The fourth-order valence-electron chi connectivity index (χ4n) is 4.15. The van der Waals surface area contributed by atoms with Crippen LogP contribution in [0.3, 0.4) is 0 Å². The van der Waals surface area contributed by atoms with E-state index in [1.54, 1.807) is 30.3 Å². The zero-order chi connectivity index (χ0) is 26.6. The maximum absolute atomic E-state index is 13.5. The molecule has 1 atom stereocenters. The summed E-state index contributed by atoms with van der Waals surface area (Å²) in [5.41, 5.74) is 3.34. The lowest BCUT2D eigenvalue weighted by Crippen LogP contribution is -2.33. The van der Waals surface area contributed by atoms with Crippen molar-refractivity contribution < 1.29 is 22.7 Å². The summed E-state index contributed by atoms with van der Waals surface area (Å²) in [6, 6.07) is 17.0. The van der Waals surface area contributed by atoms with Crippen molar-refractivity contribution in [2.45, 2.75) is 30.9 Å². The van der Waals surface area contributed by atoms with E-state index in [1.165, 1.54) is 12.1 Å². The maximum Gasteiger partial charge on any atom is 0.319 e. The van der Waals surface area contributed by atoms with Gasteiger partial charge in [0.2, 0.25) is 5.91 Å². The van der Waals surface area contributed by atoms with E-state index in [9.17, 15) is 18.0 Å². The van der Waals surface area contributed by atoms with Gasteiger partial charge in [0.1, 0.15) is 12.5 Å². The molecule has 3 aromatic rings. The first-order valence-corrected chi connectivity index (χ1v) is 14.3. The molecule has 0 bridgehead atoms. The van der Waals surface area contributed by atoms with Crippen molar-refractivity contribution in [3.63, 3.8) is 0 Å². The second-order valence-corrected chi connectivity index (χ2v) is 11.7. The Balaban J connectivity index is 1.61. The van der Waals surface area contributed by atoms with E-state index in [-0.39, 0.29) is 28.6 Å². The van der Waals surface area contributed by atoms with Crippen LogP contribution in [0.4, 0.5) is 5.69 Å². The first kappa shape index (κ1) is 27.1. The summed E-state index contributed by atoms with van der Waals surface area (Å²) < 4.78 is 29.5. The lowest BCUT2D eigenvalue weighted by molar-refractivity contribution is -0.152. The molecule has 0 aliphatic carbocycles. The van der Waals surface area contributed by atoms with Crippen molar-refractivity contribution >= 4 is 50.6 Å². The summed E-state index contributed by atoms with van der Waals surface area (Å²) in [6.07, 6.45) is 1.70. The fraction of sp³-hybridized carbons (Fsp3) is 0.259. The molecule has 7 nitrogen and oxygen atoms in total. The number of fused-ring (bicyclic) bond motifs is 1. The van der Waals surface area contributed by atoms with Gasteiger partial charge in [-0.05, 0) is 59.8 Å². The summed E-state index contributed by atoms with van der Waals surface area (Å²) in [5.74, 6) is -2.68. The summed E-state index contributed by atoms with van der Waals surface area (Å²) in [4.78, 5) is 26.7. The molecule has 1 amide bonds. The van der Waals surface area contributed by atoms with Crippen molar-refractivity contribution in [2.75, 3.05) is 18.1 Å². The predicted octanol–water partition coefficient (Wildman–Crippen LogP) is 4.58. The van der Waals surface area contributed by atoms with Gasteiger partial charge in [0.25, 0.3) is 0 Å². The van der Waals surface area contributed by atoms with Crippen molar-refractivity contribution in [2.24, 2.45) is 5.92 Å². The van der Waals surface area contributed by atoms with Gasteiger partial charge in [-0.1, -0.05) is 65.7 Å². The highest BCUT2D eigenvalue weighted by Crippen LogP contribution is 2.37. The third-order valence-electron chi connectivity index (χ3n) is 6.12. The number of carbonyl (C=O) groups is 2. The average Bonchev–Trinajstić information content (AvgIpc) is 2.88. The molecule has 1 heterocycles. The lowest BCUT2D eigenvalue weighted by Gasteiger charge is -2.23. The van der Waals surface area contributed by atoms with Crippen LogP contribution in [0.25, 0.3) is 0 Å². The van der Waals surface area contributed by atoms with Crippen molar-refractivity contribution in [3.05, 3.63) is 93.0 Å². The van der Waals surface area contributed by atoms with Gasteiger partial charge in [0, 0.05) is 12.8 Å². The second-order valence-electron chi connectivity index (χ2n) is 8.87. The van der Waals surface area contributed by atoms with Gasteiger partial charge in [-0.15, -0.1) is 0 Å². The summed E-state index contributed by atoms with van der Waals surface area (Å²) in [7, 11) is -3.47. The second kappa shape index (κ2) is 11.6. The number of amides is 1. The number of carbonyl (C=O) groups excluding carboxylic acids is 2. The third kappa shape index (κ3) is 6.70. The highest BCUT2D eigenvalue weighted by Gasteiger charge is 2.31. The molecule has 3 aromatic carbocycles. The Labute approximate surface area is 226 Å². The van der Waals surface area contributed by atoms with Gasteiger partial charge in [-0.3, -0.25) is 9.59 Å². The molecule has 0 spiro atoms. The molecule has 2 N–H and O–H groups in total. The quantitative estimate of drug-likeness (QED) is 0.309. The van der Waals surface area contributed by atoms with E-state index >= 15 is 0 Å². The van der Waals surface area contributed by atoms with E-state index < -0.39 is 27.6 Å². The molecule has 0 fully saturated rings. The third-order valence-corrected chi connectivity index (χ3v) is 7.94. The number of hydrogen-bond acceptors (Lipinski definition) is 6. The van der Waals surface area contributed by atoms with Gasteiger partial charge < -0.3 is 15.4 Å². The first-order chi connectivity index (χ1) is 17.6. The molecule has 0 saturated carbocycles. The molecule has 4 rings (SSSR count). The Morgan fingerprint density at radius 3 is 2.51 bits per heavy atom. The van der Waals surface area contributed by atoms with Gasteiger partial charge in [-0.2, -0.15) is 0 Å². The number of sulfone groups is 1. The van der Waals surface area contributed by atoms with E-state index in [2.05, 4.69) is 10.6 Å². The molecular formula is C27H26Cl2N2O5S. The van der Waals surface area contributed by atoms with Crippen LogP contribution in [-0.4, -0.2) is 33.1 Å². The normalized spacial score (nSPS) is 13.9. The monoisotopic (exact) mass is 560 g/mol. The molecule has 194 valence electrons. The van der Waals surface area contributed by atoms with E-state index in [0.29, 0.717) is 23.6 Å². The summed E-state index contributed by atoms with van der Waals surface area (Å²) >= 11 is 13.1. The number of benzene rings is 3. The Kier molecular flexibility index (Phi) is 8.54. The Morgan fingerprint density at radius 2 is 1.78 bits per heavy atom. The minimum atomic E-state index is -3.47. The van der Waals surface area contributed by atoms with E-state index in [0.717, 1.165) is 29.5 Å². The zero-order valence-corrected chi connectivity index (χ0v) is 22.4. The van der Waals surface area contributed by atoms with E-state index in [4.69, 9.17) is 27.9 Å². The Morgan fingerprint density at radius 1 is 1.05 bits per heavy atom. The molecule has 1 aliphatic rings. The smallest absolute Gasteiger partial charge is 0.319 e. The largest absolute Gasteiger partial charge is 0.460 e. The summed E-state index contributed by atoms with van der Waals surface area (Å²) in [6.45, 7) is 1.35. The number of hydrogen-bond donors (Lipinski definition) is 2. The highest BCUT2D eigenvalue weighted by atomic mass is 35.5. The topological polar surface area (TPSA) is 102 Å². The van der Waals surface area contributed by atoms with Crippen molar-refractivity contribution in [3.8, 4) is 0 Å². The molecule has 0 aromatic heterocycles. The molecule has 1 aliphatic heterocycles. The Bertz CT molecular complexity index is 1430. The van der Waals surface area contributed by atoms with Crippen LogP contribution in [-0.2, 0) is 50.2 Å². The fourth-order valence-corrected chi connectivity index (χ4v) is 5.53. The number of nitrogens with one attached hydrogen (secondary N) is 2. The lowest BCUT2D eigenvalue weighted by atomic mass is 9.97. The van der Waals surface area contributed by atoms with Gasteiger partial charge in [0.15, 0.2) is 9.84 Å². The number of halogens is 2. The number of ether oxygens (including phenoxy) is 1. The van der Waals surface area contributed by atoms with Crippen molar-refractivity contribution in [1.29, 1.82) is 0 Å². The first-order valence-electron chi connectivity index (χ1n) is 11.6. The molecule has 0 unspecified atom stereocenters. The standard InChI is InChI=1S/C27H26Cl2N2O5S/c1-37(34,35)20-9-5-8-18(12-20)13-22(27(33)36-16-17-6-3-2-4-7-17)26(32)31-25-23(28)14-19-15-30-11-10-21(19)24(25)29/h2-9,12,14,22,30H,10-11,13,15-16H2,1H3,(H,31,32)/t22-/m0/s1. The number of rotatable bonds is 8. The van der Waals surface area contributed by atoms with Gasteiger partial charge in [0.05, 0.1) is 20.6 Å². The molecule has 10 heteroatoms. The van der Waals surface area contributed by atoms with Crippen LogP contribution in [0.5, 0.6) is 0 Å². The number of esters is 1. The van der Waals surface area contributed by atoms with Crippen LogP contribution < -0.4 is 10.6 Å². The molecule has 0 saturated heterocycles. The molecular weight excluding hydrogens is 535 g/mol. The van der Waals surface area contributed by atoms with Crippen LogP contribution in [0, 0.1) is 5.92 Å². The Hall–Kier alpha value is -2.91. The van der Waals surface area contributed by atoms with Gasteiger partial charge in [-0.25, -0.2) is 8.42 Å². The highest BCUT2D eigenvalue weighted by molar-refractivity contribution is 7.90. The van der Waals surface area contributed by atoms with Crippen LogP contribution in [0.1, 0.15) is 22.3 Å². The minimum Gasteiger partial charge on any atom is -0.460 e. The van der Waals surface area contributed by atoms with E-state index in [1.807, 2.05) is 18.2 Å². The number of anilines is 1. The zero-order valence-electron chi connectivity index (χ0n) is 20.1. The average molecular weight is 561 g/mol. The predicted molar refractivity (Wildman–Crippen MR) is 143 cm³/mol. The van der Waals surface area contributed by atoms with Crippen molar-refractivity contribution in [1.82, 2.24) is 5.32 Å².